The Labute approximate surface area is 202 Å². The predicted molar refractivity (Wildman–Crippen MR) is 138 cm³/mol. The molecule has 32 heavy (non-hydrogen) atoms. The average Bonchev–Trinajstić information content (AvgIpc) is 2.80. The highest BCUT2D eigenvalue weighted by Crippen LogP contribution is 2.30. The van der Waals surface area contributed by atoms with Crippen molar-refractivity contribution < 1.29 is 14.6 Å². The highest BCUT2D eigenvalue weighted by molar-refractivity contribution is 7.99. The van der Waals surface area contributed by atoms with E-state index in [9.17, 15) is 9.90 Å². The van der Waals surface area contributed by atoms with Crippen LogP contribution in [0.15, 0.2) is 58.3 Å². The van der Waals surface area contributed by atoms with Gasteiger partial charge in [-0.2, -0.15) is 11.8 Å². The van der Waals surface area contributed by atoms with E-state index in [0.29, 0.717) is 12.2 Å². The Morgan fingerprint density at radius 3 is 1.88 bits per heavy atom. The van der Waals surface area contributed by atoms with Crippen LogP contribution in [0.2, 0.25) is 0 Å². The number of aromatic hydroxyl groups is 1. The fourth-order valence-corrected chi connectivity index (χ4v) is 5.10. The summed E-state index contributed by atoms with van der Waals surface area (Å²) < 4.78 is 5.45. The lowest BCUT2D eigenvalue weighted by atomic mass is 10.1. The van der Waals surface area contributed by atoms with E-state index in [-0.39, 0.29) is 11.7 Å². The molecular weight excluding hydrogens is 436 g/mol. The van der Waals surface area contributed by atoms with E-state index >= 15 is 0 Å². The van der Waals surface area contributed by atoms with E-state index in [0.717, 1.165) is 21.3 Å². The van der Waals surface area contributed by atoms with Crippen LogP contribution < -0.4 is 4.74 Å². The molecule has 0 bridgehead atoms. The minimum atomic E-state index is -0.167. The molecule has 0 saturated heterocycles. The average molecular weight is 475 g/mol. The third-order valence-corrected chi connectivity index (χ3v) is 7.31. The van der Waals surface area contributed by atoms with Crippen LogP contribution in [-0.4, -0.2) is 22.6 Å². The van der Waals surface area contributed by atoms with Crippen LogP contribution in [0.1, 0.15) is 77.6 Å². The van der Waals surface area contributed by atoms with Crippen molar-refractivity contribution in [1.29, 1.82) is 0 Å². The van der Waals surface area contributed by atoms with Crippen molar-refractivity contribution in [1.82, 2.24) is 0 Å². The number of rotatable bonds is 17. The zero-order chi connectivity index (χ0) is 22.9. The lowest BCUT2D eigenvalue weighted by Crippen LogP contribution is -2.08. The number of unbranched alkanes of at least 4 members (excludes halogenated alkanes) is 9. The lowest BCUT2D eigenvalue weighted by molar-refractivity contribution is -0.133. The summed E-state index contributed by atoms with van der Waals surface area (Å²) in [5.74, 6) is 2.64. The van der Waals surface area contributed by atoms with Gasteiger partial charge in [0.05, 0.1) is 6.42 Å². The molecular formula is C27H38O3S2. The SMILES string of the molecule is CCCCCCCCCCCCSCCC(=O)Oc1ccc(Sc2ccc(O)cc2)cc1. The number of hydrogen-bond acceptors (Lipinski definition) is 5. The molecule has 0 aliphatic rings. The van der Waals surface area contributed by atoms with Crippen molar-refractivity contribution >= 4 is 29.5 Å². The maximum Gasteiger partial charge on any atom is 0.312 e. The second-order valence-corrected chi connectivity index (χ2v) is 10.5. The van der Waals surface area contributed by atoms with Crippen molar-refractivity contribution in [3.8, 4) is 11.5 Å². The molecule has 0 aliphatic heterocycles. The van der Waals surface area contributed by atoms with Crippen molar-refractivity contribution in [2.75, 3.05) is 11.5 Å². The van der Waals surface area contributed by atoms with Gasteiger partial charge in [0.2, 0.25) is 0 Å². The zero-order valence-electron chi connectivity index (χ0n) is 19.4. The van der Waals surface area contributed by atoms with Crippen LogP contribution in [0, 0.1) is 0 Å². The monoisotopic (exact) mass is 474 g/mol. The summed E-state index contributed by atoms with van der Waals surface area (Å²) in [5, 5.41) is 9.36. The predicted octanol–water partition coefficient (Wildman–Crippen LogP) is 8.49. The first-order chi connectivity index (χ1) is 15.7. The number of esters is 1. The second kappa shape index (κ2) is 17.0. The summed E-state index contributed by atoms with van der Waals surface area (Å²) in [5.41, 5.74) is 0. The molecule has 0 aromatic heterocycles. The van der Waals surface area contributed by atoms with Gasteiger partial charge in [-0.1, -0.05) is 76.5 Å². The number of phenolic OH excluding ortho intramolecular Hbond substituents is 1. The Kier molecular flexibility index (Phi) is 14.1. The minimum Gasteiger partial charge on any atom is -0.508 e. The molecule has 0 spiro atoms. The fourth-order valence-electron chi connectivity index (χ4n) is 3.36. The quantitative estimate of drug-likeness (QED) is 0.141. The lowest BCUT2D eigenvalue weighted by Gasteiger charge is -2.06. The van der Waals surface area contributed by atoms with Crippen LogP contribution in [0.3, 0.4) is 0 Å². The molecule has 0 atom stereocenters. The minimum absolute atomic E-state index is 0.167. The number of carbonyl (C=O) groups excluding carboxylic acids is 1. The molecule has 5 heteroatoms. The van der Waals surface area contributed by atoms with Crippen molar-refractivity contribution in [3.63, 3.8) is 0 Å². The number of thioether (sulfide) groups is 1. The Hall–Kier alpha value is -1.59. The molecule has 176 valence electrons. The van der Waals surface area contributed by atoms with Crippen LogP contribution in [-0.2, 0) is 4.79 Å². The molecule has 2 aromatic rings. The standard InChI is InChI=1S/C27H38O3S2/c1-2-3-4-5-6-7-8-9-10-11-21-31-22-20-27(29)30-24-14-18-26(19-15-24)32-25-16-12-23(28)13-17-25/h12-19,28H,2-11,20-22H2,1H3. The number of carbonyl (C=O) groups is 1. The summed E-state index contributed by atoms with van der Waals surface area (Å²) in [7, 11) is 0. The molecule has 0 fully saturated rings. The highest BCUT2D eigenvalue weighted by Gasteiger charge is 2.06. The van der Waals surface area contributed by atoms with Crippen LogP contribution in [0.25, 0.3) is 0 Å². The van der Waals surface area contributed by atoms with Gasteiger partial charge in [-0.25, -0.2) is 0 Å². The van der Waals surface area contributed by atoms with Gasteiger partial charge in [-0.15, -0.1) is 0 Å². The topological polar surface area (TPSA) is 46.5 Å². The number of ether oxygens (including phenoxy) is 1. The molecule has 0 radical (unpaired) electrons. The molecule has 0 saturated carbocycles. The third kappa shape index (κ3) is 12.4. The van der Waals surface area contributed by atoms with Crippen molar-refractivity contribution in [2.45, 2.75) is 87.3 Å². The maximum absolute atomic E-state index is 12.1. The van der Waals surface area contributed by atoms with Gasteiger partial charge in [0.15, 0.2) is 0 Å². The number of benzene rings is 2. The van der Waals surface area contributed by atoms with E-state index in [2.05, 4.69) is 6.92 Å². The molecule has 2 rings (SSSR count). The Morgan fingerprint density at radius 2 is 1.28 bits per heavy atom. The van der Waals surface area contributed by atoms with Gasteiger partial charge in [-0.3, -0.25) is 4.79 Å². The zero-order valence-corrected chi connectivity index (χ0v) is 21.0. The van der Waals surface area contributed by atoms with E-state index < -0.39 is 0 Å². The second-order valence-electron chi connectivity index (χ2n) is 8.09. The first-order valence-corrected chi connectivity index (χ1v) is 14.0. The van der Waals surface area contributed by atoms with Crippen LogP contribution in [0.5, 0.6) is 11.5 Å². The van der Waals surface area contributed by atoms with E-state index in [4.69, 9.17) is 4.74 Å². The number of phenols is 1. The molecule has 2 aromatic carbocycles. The number of hydrogen-bond donors (Lipinski definition) is 1. The molecule has 0 amide bonds. The van der Waals surface area contributed by atoms with Gasteiger partial charge < -0.3 is 9.84 Å². The Morgan fingerprint density at radius 1 is 0.750 bits per heavy atom. The molecule has 3 nitrogen and oxygen atoms in total. The smallest absolute Gasteiger partial charge is 0.312 e. The Bertz CT molecular complexity index is 745. The van der Waals surface area contributed by atoms with E-state index in [1.54, 1.807) is 23.9 Å². The summed E-state index contributed by atoms with van der Waals surface area (Å²) in [4.78, 5) is 14.2. The fraction of sp³-hybridized carbons (Fsp3) is 0.519. The maximum atomic E-state index is 12.1. The summed E-state index contributed by atoms with van der Waals surface area (Å²) >= 11 is 3.45. The summed E-state index contributed by atoms with van der Waals surface area (Å²) in [6, 6.07) is 14.7. The van der Waals surface area contributed by atoms with Crippen LogP contribution in [0.4, 0.5) is 0 Å². The van der Waals surface area contributed by atoms with Gasteiger partial charge in [0.1, 0.15) is 11.5 Å². The van der Waals surface area contributed by atoms with Gasteiger partial charge >= 0.3 is 5.97 Å². The Balaban J connectivity index is 1.47. The van der Waals surface area contributed by atoms with E-state index in [1.807, 2.05) is 48.2 Å². The molecule has 0 unspecified atom stereocenters. The van der Waals surface area contributed by atoms with Gasteiger partial charge in [0, 0.05) is 15.5 Å². The normalized spacial score (nSPS) is 10.9. The third-order valence-electron chi connectivity index (χ3n) is 5.22. The summed E-state index contributed by atoms with van der Waals surface area (Å²) in [6.45, 7) is 2.26. The highest BCUT2D eigenvalue weighted by atomic mass is 32.2. The molecule has 1 N–H and O–H groups in total. The first-order valence-electron chi connectivity index (χ1n) is 12.0. The van der Waals surface area contributed by atoms with Gasteiger partial charge in [0.25, 0.3) is 0 Å². The molecule has 0 aliphatic carbocycles. The first kappa shape index (κ1) is 26.7. The van der Waals surface area contributed by atoms with Gasteiger partial charge in [-0.05, 0) is 60.7 Å². The van der Waals surface area contributed by atoms with E-state index in [1.165, 1.54) is 64.2 Å². The van der Waals surface area contributed by atoms with Crippen LogP contribution >= 0.6 is 23.5 Å². The summed E-state index contributed by atoms with van der Waals surface area (Å²) in [6.07, 6.45) is 14.0. The molecule has 0 heterocycles. The largest absolute Gasteiger partial charge is 0.508 e. The van der Waals surface area contributed by atoms with Crippen molar-refractivity contribution in [2.24, 2.45) is 0 Å². The van der Waals surface area contributed by atoms with Crippen molar-refractivity contribution in [3.05, 3.63) is 48.5 Å².